The monoisotopic (exact) mass is 364 g/mol. The zero-order chi connectivity index (χ0) is 19.7. The Balaban J connectivity index is 2.12. The summed E-state index contributed by atoms with van der Waals surface area (Å²) in [6, 6.07) is 18.9. The number of nitrogens with zero attached hydrogens (tertiary/aromatic N) is 1. The summed E-state index contributed by atoms with van der Waals surface area (Å²) in [7, 11) is 0. The summed E-state index contributed by atoms with van der Waals surface area (Å²) < 4.78 is 2.32. The molecule has 0 saturated heterocycles. The molecule has 0 aliphatic heterocycles. The molecule has 0 atom stereocenters. The van der Waals surface area contributed by atoms with E-state index < -0.39 is 0 Å². The summed E-state index contributed by atoms with van der Waals surface area (Å²) in [4.78, 5) is 3.64. The van der Waals surface area contributed by atoms with E-state index in [1.54, 1.807) is 0 Å². The van der Waals surface area contributed by atoms with Crippen LogP contribution in [0.2, 0.25) is 0 Å². The number of aromatic nitrogens is 2. The highest BCUT2D eigenvalue weighted by atomic mass is 15.0. The van der Waals surface area contributed by atoms with Crippen LogP contribution in [-0.4, -0.2) is 9.55 Å². The van der Waals surface area contributed by atoms with Gasteiger partial charge < -0.3 is 9.55 Å². The molecule has 2 heteroatoms. The molecule has 0 saturated carbocycles. The molecular weight excluding hydrogens is 340 g/mol. The van der Waals surface area contributed by atoms with Crippen LogP contribution in [0.4, 0.5) is 0 Å². The van der Waals surface area contributed by atoms with Gasteiger partial charge in [-0.05, 0) is 49.2 Å². The predicted octanol–water partition coefficient (Wildman–Crippen LogP) is 7.08. The van der Waals surface area contributed by atoms with E-state index in [1.165, 1.54) is 22.2 Å². The average Bonchev–Trinajstić information content (AvgIpc) is 3.22. The molecule has 4 aromatic rings. The van der Waals surface area contributed by atoms with Crippen molar-refractivity contribution in [3.63, 3.8) is 0 Å². The minimum absolute atomic E-state index is 1.10. The first-order valence-electron chi connectivity index (χ1n) is 9.47. The molecule has 0 fully saturated rings. The van der Waals surface area contributed by atoms with E-state index in [2.05, 4.69) is 91.2 Å². The van der Waals surface area contributed by atoms with Crippen LogP contribution in [0.3, 0.4) is 0 Å². The Bertz CT molecular complexity index is 1200. The van der Waals surface area contributed by atoms with Gasteiger partial charge in [0.25, 0.3) is 0 Å². The maximum absolute atomic E-state index is 4.09. The minimum Gasteiger partial charge on any atom is -0.353 e. The maximum atomic E-state index is 4.09. The summed E-state index contributed by atoms with van der Waals surface area (Å²) in [5, 5.41) is 1.19. The van der Waals surface area contributed by atoms with Crippen LogP contribution >= 0.6 is 0 Å². The summed E-state index contributed by atoms with van der Waals surface area (Å²) in [6.45, 7) is 12.3. The van der Waals surface area contributed by atoms with E-state index in [-0.39, 0.29) is 0 Å². The molecule has 138 valence electrons. The Kier molecular flexibility index (Phi) is 4.62. The van der Waals surface area contributed by atoms with Gasteiger partial charge in [-0.15, -0.1) is 0 Å². The first-order chi connectivity index (χ1) is 13.7. The SMILES string of the molecule is C=C/C=C\c1c(C)c(C)c(-c2[nH]c3ccccc3c2C=C)n1-c1ccccc1. The van der Waals surface area contributed by atoms with E-state index in [4.69, 9.17) is 0 Å². The lowest BCUT2D eigenvalue weighted by Gasteiger charge is -2.13. The first-order valence-corrected chi connectivity index (χ1v) is 9.47. The van der Waals surface area contributed by atoms with Crippen LogP contribution in [0.5, 0.6) is 0 Å². The molecule has 2 heterocycles. The number of hydrogen-bond acceptors (Lipinski definition) is 0. The highest BCUT2D eigenvalue weighted by Crippen LogP contribution is 2.38. The molecule has 28 heavy (non-hydrogen) atoms. The molecule has 0 amide bonds. The van der Waals surface area contributed by atoms with Crippen LogP contribution < -0.4 is 0 Å². The first kappa shape index (κ1) is 17.9. The van der Waals surface area contributed by atoms with Crippen LogP contribution in [0.1, 0.15) is 22.4 Å². The molecule has 1 N–H and O–H groups in total. The van der Waals surface area contributed by atoms with Crippen LogP contribution in [0.15, 0.2) is 79.9 Å². The number of fused-ring (bicyclic) bond motifs is 1. The lowest BCUT2D eigenvalue weighted by Crippen LogP contribution is -2.00. The van der Waals surface area contributed by atoms with Gasteiger partial charge in [-0.1, -0.05) is 67.8 Å². The van der Waals surface area contributed by atoms with Gasteiger partial charge in [-0.2, -0.15) is 0 Å². The number of H-pyrrole nitrogens is 1. The van der Waals surface area contributed by atoms with Gasteiger partial charge >= 0.3 is 0 Å². The van der Waals surface area contributed by atoms with Crippen molar-refractivity contribution < 1.29 is 0 Å². The molecule has 0 aliphatic rings. The highest BCUT2D eigenvalue weighted by molar-refractivity contribution is 5.97. The average molecular weight is 364 g/mol. The van der Waals surface area contributed by atoms with Gasteiger partial charge in [0.05, 0.1) is 11.4 Å². The van der Waals surface area contributed by atoms with Crippen molar-refractivity contribution in [2.75, 3.05) is 0 Å². The smallest absolute Gasteiger partial charge is 0.0736 e. The van der Waals surface area contributed by atoms with E-state index in [0.717, 1.165) is 28.2 Å². The van der Waals surface area contributed by atoms with Gasteiger partial charge in [0, 0.05) is 27.8 Å². The number of aromatic amines is 1. The lowest BCUT2D eigenvalue weighted by molar-refractivity contribution is 1.05. The lowest BCUT2D eigenvalue weighted by atomic mass is 10.1. The molecule has 0 unspecified atom stereocenters. The molecule has 4 rings (SSSR count). The Hall–Kier alpha value is -3.52. The summed E-state index contributed by atoms with van der Waals surface area (Å²) >= 11 is 0. The van der Waals surface area contributed by atoms with Crippen molar-refractivity contribution in [1.29, 1.82) is 0 Å². The topological polar surface area (TPSA) is 20.7 Å². The largest absolute Gasteiger partial charge is 0.353 e. The molecule has 0 spiro atoms. The highest BCUT2D eigenvalue weighted by Gasteiger charge is 2.22. The van der Waals surface area contributed by atoms with E-state index in [0.29, 0.717) is 0 Å². The predicted molar refractivity (Wildman–Crippen MR) is 122 cm³/mol. The van der Waals surface area contributed by atoms with E-state index in [9.17, 15) is 0 Å². The Morgan fingerprint density at radius 1 is 0.893 bits per heavy atom. The Morgan fingerprint density at radius 3 is 2.32 bits per heavy atom. The zero-order valence-corrected chi connectivity index (χ0v) is 16.4. The molecule has 0 bridgehead atoms. The van der Waals surface area contributed by atoms with Crippen LogP contribution in [-0.2, 0) is 0 Å². The van der Waals surface area contributed by atoms with Crippen molar-refractivity contribution in [2.24, 2.45) is 0 Å². The van der Waals surface area contributed by atoms with E-state index in [1.807, 2.05) is 24.3 Å². The van der Waals surface area contributed by atoms with Crippen molar-refractivity contribution >= 4 is 23.1 Å². The van der Waals surface area contributed by atoms with E-state index >= 15 is 0 Å². The fraction of sp³-hybridized carbons (Fsp3) is 0.0769. The standard InChI is InChI=1S/C26H24N2/c1-5-7-17-24-18(3)19(4)26(28(24)20-13-9-8-10-14-20)25-21(6-2)22-15-11-12-16-23(22)27-25/h5-17,27H,1-2H2,3-4H3/b17-7-. The number of rotatable bonds is 5. The second-order valence-corrected chi connectivity index (χ2v) is 6.91. The molecule has 2 aromatic heterocycles. The number of benzene rings is 2. The fourth-order valence-electron chi connectivity index (χ4n) is 3.89. The third-order valence-corrected chi connectivity index (χ3v) is 5.36. The minimum atomic E-state index is 1.10. The normalized spacial score (nSPS) is 11.4. The van der Waals surface area contributed by atoms with Crippen LogP contribution in [0.25, 0.3) is 40.1 Å². The molecular formula is C26H24N2. The third kappa shape index (κ3) is 2.74. The molecule has 0 radical (unpaired) electrons. The molecule has 2 aromatic carbocycles. The van der Waals surface area contributed by atoms with Gasteiger partial charge in [0.1, 0.15) is 0 Å². The number of nitrogens with one attached hydrogen (secondary N) is 1. The van der Waals surface area contributed by atoms with Crippen molar-refractivity contribution in [2.45, 2.75) is 13.8 Å². The zero-order valence-electron chi connectivity index (χ0n) is 16.4. The molecule has 0 aliphatic carbocycles. The maximum Gasteiger partial charge on any atom is 0.0736 e. The number of allylic oxidation sites excluding steroid dienone is 2. The summed E-state index contributed by atoms with van der Waals surface area (Å²) in [5.41, 5.74) is 9.31. The second-order valence-electron chi connectivity index (χ2n) is 6.91. The summed E-state index contributed by atoms with van der Waals surface area (Å²) in [5.74, 6) is 0. The van der Waals surface area contributed by atoms with Gasteiger partial charge in [-0.3, -0.25) is 0 Å². The Labute approximate surface area is 166 Å². The van der Waals surface area contributed by atoms with Gasteiger partial charge in [-0.25, -0.2) is 0 Å². The molecule has 2 nitrogen and oxygen atoms in total. The van der Waals surface area contributed by atoms with Crippen molar-refractivity contribution in [3.8, 4) is 17.1 Å². The van der Waals surface area contributed by atoms with Gasteiger partial charge in [0.2, 0.25) is 0 Å². The second kappa shape index (κ2) is 7.24. The van der Waals surface area contributed by atoms with Crippen molar-refractivity contribution in [1.82, 2.24) is 9.55 Å². The Morgan fingerprint density at radius 2 is 1.61 bits per heavy atom. The quantitative estimate of drug-likeness (QED) is 0.365. The number of hydrogen-bond donors (Lipinski definition) is 1. The van der Waals surface area contributed by atoms with Gasteiger partial charge in [0.15, 0.2) is 0 Å². The van der Waals surface area contributed by atoms with Crippen LogP contribution in [0, 0.1) is 13.8 Å². The van der Waals surface area contributed by atoms with Crippen molar-refractivity contribution in [3.05, 3.63) is 102 Å². The summed E-state index contributed by atoms with van der Waals surface area (Å²) in [6.07, 6.45) is 7.88. The fourth-order valence-corrected chi connectivity index (χ4v) is 3.89. The number of para-hydroxylation sites is 2. The third-order valence-electron chi connectivity index (χ3n) is 5.36.